The van der Waals surface area contributed by atoms with Crippen LogP contribution in [0.4, 0.5) is 0 Å². The minimum Gasteiger partial charge on any atom is -0.493 e. The molecule has 0 aliphatic rings. The Kier molecular flexibility index (Phi) is 4.34. The van der Waals surface area contributed by atoms with Gasteiger partial charge in [-0.15, -0.1) is 0 Å². The van der Waals surface area contributed by atoms with E-state index < -0.39 is 0 Å². The van der Waals surface area contributed by atoms with E-state index in [2.05, 4.69) is 10.3 Å². The number of nitrogens with one attached hydrogen (secondary N) is 1. The second-order valence-corrected chi connectivity index (χ2v) is 4.84. The molecule has 112 valence electrons. The maximum absolute atomic E-state index is 11.8. The van der Waals surface area contributed by atoms with Crippen molar-refractivity contribution in [3.63, 3.8) is 0 Å². The van der Waals surface area contributed by atoms with Gasteiger partial charge < -0.3 is 14.5 Å². The number of carbonyl (C=O) groups is 1. The lowest BCUT2D eigenvalue weighted by Crippen LogP contribution is -2.24. The second kappa shape index (κ2) is 6.76. The van der Waals surface area contributed by atoms with Gasteiger partial charge in [-0.3, -0.25) is 4.79 Å². The van der Waals surface area contributed by atoms with E-state index in [0.29, 0.717) is 19.6 Å². The van der Waals surface area contributed by atoms with Gasteiger partial charge in [0.2, 0.25) is 5.91 Å². The first-order chi connectivity index (χ1) is 10.8. The van der Waals surface area contributed by atoms with Crippen LogP contribution in [0.5, 0.6) is 5.75 Å². The number of para-hydroxylation sites is 1. The van der Waals surface area contributed by atoms with Crippen LogP contribution >= 0.6 is 0 Å². The highest BCUT2D eigenvalue weighted by atomic mass is 16.5. The van der Waals surface area contributed by atoms with E-state index in [0.717, 1.165) is 22.4 Å². The number of hydrogen-bond donors (Lipinski definition) is 1. The van der Waals surface area contributed by atoms with Crippen LogP contribution in [0.25, 0.3) is 11.1 Å². The summed E-state index contributed by atoms with van der Waals surface area (Å²) >= 11 is 0. The van der Waals surface area contributed by atoms with Crippen molar-refractivity contribution < 1.29 is 13.9 Å². The van der Waals surface area contributed by atoms with Crippen molar-refractivity contribution in [3.05, 3.63) is 60.5 Å². The maximum Gasteiger partial charge on any atom is 0.223 e. The minimum atomic E-state index is -0.0476. The Balaban J connectivity index is 1.43. The summed E-state index contributed by atoms with van der Waals surface area (Å²) in [7, 11) is 0. The highest BCUT2D eigenvalue weighted by molar-refractivity contribution is 5.76. The van der Waals surface area contributed by atoms with E-state index in [4.69, 9.17) is 9.15 Å². The van der Waals surface area contributed by atoms with Crippen LogP contribution in [0.1, 0.15) is 12.0 Å². The summed E-state index contributed by atoms with van der Waals surface area (Å²) in [6.45, 7) is 0.817. The number of rotatable bonds is 6. The maximum atomic E-state index is 11.8. The molecule has 0 aliphatic heterocycles. The third-order valence-electron chi connectivity index (χ3n) is 3.23. The predicted molar refractivity (Wildman–Crippen MR) is 82.4 cm³/mol. The fourth-order valence-electron chi connectivity index (χ4n) is 2.08. The zero-order valence-electron chi connectivity index (χ0n) is 12.0. The van der Waals surface area contributed by atoms with Crippen LogP contribution in [-0.4, -0.2) is 17.5 Å². The molecule has 0 aliphatic carbocycles. The number of aromatic nitrogens is 1. The van der Waals surface area contributed by atoms with E-state index in [1.807, 2.05) is 48.5 Å². The molecule has 0 unspecified atom stereocenters. The molecule has 5 nitrogen and oxygen atoms in total. The molecular weight excluding hydrogens is 280 g/mol. The molecule has 0 atom stereocenters. The van der Waals surface area contributed by atoms with Crippen molar-refractivity contribution in [2.45, 2.75) is 13.0 Å². The number of oxazole rings is 1. The molecule has 1 heterocycles. The number of hydrogen-bond acceptors (Lipinski definition) is 4. The average molecular weight is 296 g/mol. The molecule has 22 heavy (non-hydrogen) atoms. The molecule has 3 aromatic rings. The van der Waals surface area contributed by atoms with Gasteiger partial charge in [0.1, 0.15) is 11.3 Å². The first-order valence-electron chi connectivity index (χ1n) is 7.08. The van der Waals surface area contributed by atoms with Crippen LogP contribution in [0.3, 0.4) is 0 Å². The molecule has 0 radical (unpaired) electrons. The summed E-state index contributed by atoms with van der Waals surface area (Å²) in [5.41, 5.74) is 2.51. The first kappa shape index (κ1) is 14.1. The normalized spacial score (nSPS) is 10.5. The van der Waals surface area contributed by atoms with E-state index in [-0.39, 0.29) is 5.91 Å². The molecule has 2 aromatic carbocycles. The van der Waals surface area contributed by atoms with Crippen molar-refractivity contribution in [2.75, 3.05) is 6.61 Å². The van der Waals surface area contributed by atoms with Gasteiger partial charge in [-0.1, -0.05) is 24.3 Å². The molecule has 0 bridgehead atoms. The van der Waals surface area contributed by atoms with E-state index in [1.54, 1.807) is 0 Å². The summed E-state index contributed by atoms with van der Waals surface area (Å²) in [6.07, 6.45) is 1.73. The summed E-state index contributed by atoms with van der Waals surface area (Å²) < 4.78 is 10.7. The highest BCUT2D eigenvalue weighted by Gasteiger charge is 2.04. The third kappa shape index (κ3) is 3.63. The Bertz CT molecular complexity index is 753. The Morgan fingerprint density at radius 3 is 2.91 bits per heavy atom. The van der Waals surface area contributed by atoms with Crippen molar-refractivity contribution in [2.24, 2.45) is 0 Å². The summed E-state index contributed by atoms with van der Waals surface area (Å²) in [5, 5.41) is 2.86. The van der Waals surface area contributed by atoms with Gasteiger partial charge in [0.25, 0.3) is 0 Å². The Hall–Kier alpha value is -2.82. The SMILES string of the molecule is O=C(CCOc1ccccc1)NCc1ccc2ncoc2c1. The molecule has 0 saturated carbocycles. The first-order valence-corrected chi connectivity index (χ1v) is 7.08. The van der Waals surface area contributed by atoms with Gasteiger partial charge in [0, 0.05) is 6.54 Å². The largest absolute Gasteiger partial charge is 0.493 e. The Labute approximate surface area is 127 Å². The summed E-state index contributed by atoms with van der Waals surface area (Å²) in [6, 6.07) is 15.1. The van der Waals surface area contributed by atoms with Gasteiger partial charge in [-0.25, -0.2) is 4.98 Å². The molecule has 5 heteroatoms. The van der Waals surface area contributed by atoms with Crippen molar-refractivity contribution in [1.29, 1.82) is 0 Å². The second-order valence-electron chi connectivity index (χ2n) is 4.84. The number of fused-ring (bicyclic) bond motifs is 1. The number of ether oxygens (including phenoxy) is 1. The molecule has 3 rings (SSSR count). The molecule has 0 saturated heterocycles. The molecule has 1 N–H and O–H groups in total. The minimum absolute atomic E-state index is 0.0476. The smallest absolute Gasteiger partial charge is 0.223 e. The van der Waals surface area contributed by atoms with E-state index >= 15 is 0 Å². The van der Waals surface area contributed by atoms with Gasteiger partial charge in [0.15, 0.2) is 12.0 Å². The molecule has 0 spiro atoms. The number of benzene rings is 2. The Morgan fingerprint density at radius 1 is 1.18 bits per heavy atom. The van der Waals surface area contributed by atoms with Crippen molar-refractivity contribution in [1.82, 2.24) is 10.3 Å². The van der Waals surface area contributed by atoms with Crippen LogP contribution in [0.15, 0.2) is 59.3 Å². The predicted octanol–water partition coefficient (Wildman–Crippen LogP) is 2.91. The number of amides is 1. The quantitative estimate of drug-likeness (QED) is 0.759. The number of nitrogens with zero attached hydrogens (tertiary/aromatic N) is 1. The standard InChI is InChI=1S/C17H16N2O3/c20-17(8-9-21-14-4-2-1-3-5-14)18-11-13-6-7-15-16(10-13)22-12-19-15/h1-7,10,12H,8-9,11H2,(H,18,20). The molecular formula is C17H16N2O3. The van der Waals surface area contributed by atoms with Gasteiger partial charge >= 0.3 is 0 Å². The van der Waals surface area contributed by atoms with Crippen LogP contribution in [0.2, 0.25) is 0 Å². The summed E-state index contributed by atoms with van der Waals surface area (Å²) in [5.74, 6) is 0.722. The van der Waals surface area contributed by atoms with Gasteiger partial charge in [0.05, 0.1) is 13.0 Å². The Morgan fingerprint density at radius 2 is 2.05 bits per heavy atom. The van der Waals surface area contributed by atoms with Gasteiger partial charge in [-0.05, 0) is 29.8 Å². The molecule has 1 amide bonds. The monoisotopic (exact) mass is 296 g/mol. The van der Waals surface area contributed by atoms with Crippen molar-refractivity contribution >= 4 is 17.0 Å². The van der Waals surface area contributed by atoms with E-state index in [1.165, 1.54) is 6.39 Å². The summed E-state index contributed by atoms with van der Waals surface area (Å²) in [4.78, 5) is 15.8. The topological polar surface area (TPSA) is 64.4 Å². The number of carbonyl (C=O) groups excluding carboxylic acids is 1. The lowest BCUT2D eigenvalue weighted by Gasteiger charge is -2.07. The van der Waals surface area contributed by atoms with E-state index in [9.17, 15) is 4.79 Å². The zero-order valence-corrected chi connectivity index (χ0v) is 12.0. The molecule has 0 fully saturated rings. The van der Waals surface area contributed by atoms with Crippen LogP contribution < -0.4 is 10.1 Å². The third-order valence-corrected chi connectivity index (χ3v) is 3.23. The highest BCUT2D eigenvalue weighted by Crippen LogP contribution is 2.14. The van der Waals surface area contributed by atoms with Crippen molar-refractivity contribution in [3.8, 4) is 5.75 Å². The lowest BCUT2D eigenvalue weighted by molar-refractivity contribution is -0.121. The van der Waals surface area contributed by atoms with Crippen LogP contribution in [0, 0.1) is 0 Å². The zero-order chi connectivity index (χ0) is 15.2. The fraction of sp³-hybridized carbons (Fsp3) is 0.176. The van der Waals surface area contributed by atoms with Crippen LogP contribution in [-0.2, 0) is 11.3 Å². The molecule has 1 aromatic heterocycles. The van der Waals surface area contributed by atoms with Gasteiger partial charge in [-0.2, -0.15) is 0 Å². The average Bonchev–Trinajstić information content (AvgIpc) is 3.01. The lowest BCUT2D eigenvalue weighted by atomic mass is 10.2. The fourth-order valence-corrected chi connectivity index (χ4v) is 2.08.